The minimum absolute atomic E-state index is 0.768. The van der Waals surface area contributed by atoms with Gasteiger partial charge in [0.1, 0.15) is 0 Å². The first-order chi connectivity index (χ1) is 9.67. The van der Waals surface area contributed by atoms with Gasteiger partial charge in [-0.15, -0.1) is 0 Å². The topological polar surface area (TPSA) is 21.7 Å². The van der Waals surface area contributed by atoms with Crippen molar-refractivity contribution in [1.29, 1.82) is 0 Å². The van der Waals surface area contributed by atoms with E-state index in [-0.39, 0.29) is 0 Å². The maximum absolute atomic E-state index is 5.79. The van der Waals surface area contributed by atoms with Gasteiger partial charge in [-0.3, -0.25) is 0 Å². The Hall–Kier alpha value is -1.22. The zero-order chi connectivity index (χ0) is 14.8. The molecule has 0 aliphatic heterocycles. The standard InChI is InChI=1S/C17H29NO2/c1-5-6-7-13-20-16-11-10-15(14-17(16)19-4)9-8-12-18(2)3/h10-11,14H,5-9,12-13H2,1-4H3. The van der Waals surface area contributed by atoms with Crippen molar-refractivity contribution in [2.75, 3.05) is 34.4 Å². The number of aryl methyl sites for hydroxylation is 1. The van der Waals surface area contributed by atoms with Crippen molar-refractivity contribution in [2.45, 2.75) is 39.0 Å². The Morgan fingerprint density at radius 3 is 2.50 bits per heavy atom. The monoisotopic (exact) mass is 279 g/mol. The summed E-state index contributed by atoms with van der Waals surface area (Å²) in [5.74, 6) is 1.71. The molecule has 0 fully saturated rings. The quantitative estimate of drug-likeness (QED) is 0.609. The van der Waals surface area contributed by atoms with E-state index in [1.165, 1.54) is 18.4 Å². The molecule has 0 radical (unpaired) electrons. The number of methoxy groups -OCH3 is 1. The number of hydrogen-bond acceptors (Lipinski definition) is 3. The molecule has 0 N–H and O–H groups in total. The third kappa shape index (κ3) is 6.29. The fourth-order valence-electron chi connectivity index (χ4n) is 2.12. The number of unbranched alkanes of at least 4 members (excludes halogenated alkanes) is 2. The van der Waals surface area contributed by atoms with Crippen molar-refractivity contribution in [2.24, 2.45) is 0 Å². The molecule has 0 heterocycles. The van der Waals surface area contributed by atoms with Gasteiger partial charge in [-0.05, 0) is 57.6 Å². The van der Waals surface area contributed by atoms with E-state index < -0.39 is 0 Å². The van der Waals surface area contributed by atoms with Gasteiger partial charge in [0.05, 0.1) is 13.7 Å². The summed E-state index contributed by atoms with van der Waals surface area (Å²) in [6.07, 6.45) is 5.76. The summed E-state index contributed by atoms with van der Waals surface area (Å²) in [4.78, 5) is 2.21. The average molecular weight is 279 g/mol. The van der Waals surface area contributed by atoms with E-state index in [9.17, 15) is 0 Å². The SMILES string of the molecule is CCCCCOc1ccc(CCCN(C)C)cc1OC. The van der Waals surface area contributed by atoms with Crippen molar-refractivity contribution in [3.8, 4) is 11.5 Å². The molecule has 0 saturated carbocycles. The molecule has 3 nitrogen and oxygen atoms in total. The summed E-state index contributed by atoms with van der Waals surface area (Å²) in [5.41, 5.74) is 1.31. The summed E-state index contributed by atoms with van der Waals surface area (Å²) in [6.45, 7) is 4.07. The second-order valence-electron chi connectivity index (χ2n) is 5.45. The van der Waals surface area contributed by atoms with Crippen molar-refractivity contribution in [3.05, 3.63) is 23.8 Å². The number of ether oxygens (including phenoxy) is 2. The third-order valence-corrected chi connectivity index (χ3v) is 3.30. The Bertz CT molecular complexity index is 377. The van der Waals surface area contributed by atoms with Crippen LogP contribution in [-0.4, -0.2) is 39.3 Å². The molecular weight excluding hydrogens is 250 g/mol. The lowest BCUT2D eigenvalue weighted by Gasteiger charge is -2.13. The Morgan fingerprint density at radius 1 is 1.05 bits per heavy atom. The van der Waals surface area contributed by atoms with Crippen LogP contribution in [0.4, 0.5) is 0 Å². The molecular formula is C17H29NO2. The maximum atomic E-state index is 5.79. The van der Waals surface area contributed by atoms with E-state index in [1.54, 1.807) is 7.11 Å². The van der Waals surface area contributed by atoms with E-state index in [1.807, 2.05) is 6.07 Å². The van der Waals surface area contributed by atoms with Crippen LogP contribution in [0.2, 0.25) is 0 Å². The zero-order valence-corrected chi connectivity index (χ0v) is 13.4. The summed E-state index contributed by atoms with van der Waals surface area (Å²) in [5, 5.41) is 0. The van der Waals surface area contributed by atoms with Gasteiger partial charge in [-0.2, -0.15) is 0 Å². The highest BCUT2D eigenvalue weighted by Crippen LogP contribution is 2.28. The summed E-state index contributed by atoms with van der Waals surface area (Å²) < 4.78 is 11.2. The van der Waals surface area contributed by atoms with Crippen molar-refractivity contribution in [1.82, 2.24) is 4.90 Å². The number of hydrogen-bond donors (Lipinski definition) is 0. The molecule has 0 saturated heterocycles. The molecule has 0 bridgehead atoms. The van der Waals surface area contributed by atoms with Crippen LogP contribution in [0.15, 0.2) is 18.2 Å². The van der Waals surface area contributed by atoms with Gasteiger partial charge < -0.3 is 14.4 Å². The summed E-state index contributed by atoms with van der Waals surface area (Å²) >= 11 is 0. The van der Waals surface area contributed by atoms with Gasteiger partial charge >= 0.3 is 0 Å². The van der Waals surface area contributed by atoms with Crippen molar-refractivity contribution in [3.63, 3.8) is 0 Å². The Morgan fingerprint density at radius 2 is 1.85 bits per heavy atom. The predicted molar refractivity (Wildman–Crippen MR) is 84.9 cm³/mol. The number of nitrogens with zero attached hydrogens (tertiary/aromatic N) is 1. The molecule has 0 aliphatic carbocycles. The van der Waals surface area contributed by atoms with Crippen LogP contribution in [0.5, 0.6) is 11.5 Å². The van der Waals surface area contributed by atoms with Gasteiger partial charge in [-0.1, -0.05) is 25.8 Å². The van der Waals surface area contributed by atoms with Gasteiger partial charge in [0.15, 0.2) is 11.5 Å². The molecule has 0 amide bonds. The fraction of sp³-hybridized carbons (Fsp3) is 0.647. The third-order valence-electron chi connectivity index (χ3n) is 3.30. The lowest BCUT2D eigenvalue weighted by atomic mass is 10.1. The minimum Gasteiger partial charge on any atom is -0.493 e. The first kappa shape index (κ1) is 16.8. The molecule has 0 aliphatic rings. The molecule has 0 unspecified atom stereocenters. The van der Waals surface area contributed by atoms with E-state index >= 15 is 0 Å². The Balaban J connectivity index is 2.51. The molecule has 0 spiro atoms. The Kier molecular flexibility index (Phi) is 8.12. The van der Waals surface area contributed by atoms with Crippen LogP contribution in [0.25, 0.3) is 0 Å². The van der Waals surface area contributed by atoms with E-state index in [2.05, 4.69) is 38.1 Å². The molecule has 3 heteroatoms. The van der Waals surface area contributed by atoms with Crippen molar-refractivity contribution < 1.29 is 9.47 Å². The Labute approximate surface area is 123 Å². The molecule has 1 aromatic rings. The molecule has 0 atom stereocenters. The molecule has 1 rings (SSSR count). The van der Waals surface area contributed by atoms with Crippen LogP contribution < -0.4 is 9.47 Å². The van der Waals surface area contributed by atoms with Crippen LogP contribution >= 0.6 is 0 Å². The first-order valence-corrected chi connectivity index (χ1v) is 7.61. The molecule has 114 valence electrons. The van der Waals surface area contributed by atoms with Gasteiger partial charge in [0.2, 0.25) is 0 Å². The van der Waals surface area contributed by atoms with E-state index in [0.29, 0.717) is 0 Å². The van der Waals surface area contributed by atoms with Gasteiger partial charge in [0, 0.05) is 0 Å². The maximum Gasteiger partial charge on any atom is 0.161 e. The van der Waals surface area contributed by atoms with Gasteiger partial charge in [0.25, 0.3) is 0 Å². The lowest BCUT2D eigenvalue weighted by Crippen LogP contribution is -2.13. The highest BCUT2D eigenvalue weighted by atomic mass is 16.5. The summed E-state index contributed by atoms with van der Waals surface area (Å²) in [6, 6.07) is 6.29. The van der Waals surface area contributed by atoms with Crippen molar-refractivity contribution >= 4 is 0 Å². The van der Waals surface area contributed by atoms with Crippen LogP contribution in [0, 0.1) is 0 Å². The minimum atomic E-state index is 0.768. The highest BCUT2D eigenvalue weighted by molar-refractivity contribution is 5.43. The van der Waals surface area contributed by atoms with Crippen LogP contribution in [-0.2, 0) is 6.42 Å². The zero-order valence-electron chi connectivity index (χ0n) is 13.4. The molecule has 1 aromatic carbocycles. The normalized spacial score (nSPS) is 10.8. The predicted octanol–water partition coefficient (Wildman–Crippen LogP) is 3.76. The lowest BCUT2D eigenvalue weighted by molar-refractivity contribution is 0.286. The van der Waals surface area contributed by atoms with Gasteiger partial charge in [-0.25, -0.2) is 0 Å². The summed E-state index contributed by atoms with van der Waals surface area (Å²) in [7, 11) is 5.92. The average Bonchev–Trinajstić information content (AvgIpc) is 2.44. The van der Waals surface area contributed by atoms with Crippen LogP contribution in [0.1, 0.15) is 38.2 Å². The number of benzene rings is 1. The number of rotatable bonds is 10. The highest BCUT2D eigenvalue weighted by Gasteiger charge is 2.06. The van der Waals surface area contributed by atoms with E-state index in [4.69, 9.17) is 9.47 Å². The second-order valence-corrected chi connectivity index (χ2v) is 5.45. The smallest absolute Gasteiger partial charge is 0.161 e. The molecule has 0 aromatic heterocycles. The largest absolute Gasteiger partial charge is 0.493 e. The first-order valence-electron chi connectivity index (χ1n) is 7.61. The van der Waals surface area contributed by atoms with E-state index in [0.717, 1.165) is 43.9 Å². The fourth-order valence-corrected chi connectivity index (χ4v) is 2.12. The van der Waals surface area contributed by atoms with Crippen LogP contribution in [0.3, 0.4) is 0 Å². The molecule has 20 heavy (non-hydrogen) atoms. The second kappa shape index (κ2) is 9.65.